The largest absolute Gasteiger partial charge is 0.348 e. The average molecular weight is 301 g/mol. The number of rotatable bonds is 4. The number of hydrogen-bond acceptors (Lipinski definition) is 4. The van der Waals surface area contributed by atoms with Gasteiger partial charge in [0.05, 0.1) is 0 Å². The quantitative estimate of drug-likeness (QED) is 0.600. The van der Waals surface area contributed by atoms with Crippen molar-refractivity contribution in [2.75, 3.05) is 0 Å². The number of carbonyl (C=O) groups excluding carboxylic acids is 2. The highest BCUT2D eigenvalue weighted by Crippen LogP contribution is 2.06. The second-order valence-electron chi connectivity index (χ2n) is 4.25. The topological polar surface area (TPSA) is 61.4 Å². The van der Waals surface area contributed by atoms with Crippen LogP contribution in [0.1, 0.15) is 15.9 Å². The predicted octanol–water partition coefficient (Wildman–Crippen LogP) is 2.39. The number of benzene rings is 2. The van der Waals surface area contributed by atoms with E-state index in [2.05, 4.69) is 23.7 Å². The van der Waals surface area contributed by atoms with Gasteiger partial charge in [0.15, 0.2) is 0 Å². The van der Waals surface area contributed by atoms with Crippen molar-refractivity contribution in [3.8, 4) is 0 Å². The van der Waals surface area contributed by atoms with Gasteiger partial charge in [-0.25, -0.2) is 14.5 Å². The van der Waals surface area contributed by atoms with Crippen LogP contribution in [-0.4, -0.2) is 16.2 Å². The lowest BCUT2D eigenvalue weighted by molar-refractivity contribution is 0.0893. The second-order valence-corrected chi connectivity index (χ2v) is 4.65. The first-order valence-corrected chi connectivity index (χ1v) is 6.73. The maximum Gasteiger partial charge on any atom is 0.348 e. The van der Waals surface area contributed by atoms with Crippen molar-refractivity contribution in [1.29, 1.82) is 0 Å². The summed E-state index contributed by atoms with van der Waals surface area (Å²) in [6.07, 6.45) is 0. The van der Waals surface area contributed by atoms with E-state index in [9.17, 15) is 9.59 Å². The predicted molar refractivity (Wildman–Crippen MR) is 83.4 cm³/mol. The first-order chi connectivity index (χ1) is 10.2. The Kier molecular flexibility index (Phi) is 5.36. The van der Waals surface area contributed by atoms with E-state index in [-0.39, 0.29) is 0 Å². The van der Waals surface area contributed by atoms with Gasteiger partial charge >= 0.3 is 6.03 Å². The van der Waals surface area contributed by atoms with E-state index >= 15 is 0 Å². The number of imide groups is 1. The molecule has 3 amide bonds. The molecule has 0 aliphatic carbocycles. The number of nitrogens with zero attached hydrogens (tertiary/aromatic N) is 1. The van der Waals surface area contributed by atoms with Crippen LogP contribution in [0, 0.1) is 0 Å². The molecular formula is C15H15N3O2S. The number of carbonyl (C=O) groups is 2. The molecule has 0 aromatic heterocycles. The van der Waals surface area contributed by atoms with Gasteiger partial charge in [-0.15, -0.1) is 0 Å². The van der Waals surface area contributed by atoms with Gasteiger partial charge in [0.25, 0.3) is 5.91 Å². The third kappa shape index (κ3) is 4.34. The van der Waals surface area contributed by atoms with Gasteiger partial charge in [0.2, 0.25) is 0 Å². The molecule has 0 saturated carbocycles. The fourth-order valence-electron chi connectivity index (χ4n) is 1.67. The number of hydrogen-bond donors (Lipinski definition) is 3. The van der Waals surface area contributed by atoms with Crippen LogP contribution in [0.15, 0.2) is 60.7 Å². The summed E-state index contributed by atoms with van der Waals surface area (Å²) in [5, 5.41) is 0. The number of amides is 3. The van der Waals surface area contributed by atoms with Crippen LogP contribution >= 0.6 is 12.8 Å². The molecule has 21 heavy (non-hydrogen) atoms. The highest BCUT2D eigenvalue weighted by molar-refractivity contribution is 7.79. The van der Waals surface area contributed by atoms with E-state index in [0.717, 1.165) is 9.87 Å². The second kappa shape index (κ2) is 7.47. The molecule has 0 saturated heterocycles. The zero-order valence-corrected chi connectivity index (χ0v) is 12.1. The summed E-state index contributed by atoms with van der Waals surface area (Å²) < 4.78 is 0.729. The fourth-order valence-corrected chi connectivity index (χ4v) is 1.83. The number of nitrogens with one attached hydrogen (secondary N) is 2. The molecule has 6 heteroatoms. The molecule has 0 heterocycles. The van der Waals surface area contributed by atoms with E-state index in [1.807, 2.05) is 30.3 Å². The normalized spacial score (nSPS) is 9.95. The van der Waals surface area contributed by atoms with E-state index in [1.165, 1.54) is 0 Å². The molecule has 0 fully saturated rings. The van der Waals surface area contributed by atoms with Crippen LogP contribution in [0.2, 0.25) is 0 Å². The van der Waals surface area contributed by atoms with Crippen LogP contribution < -0.4 is 10.9 Å². The van der Waals surface area contributed by atoms with Gasteiger partial charge in [0, 0.05) is 12.1 Å². The van der Waals surface area contributed by atoms with E-state index in [1.54, 1.807) is 30.3 Å². The summed E-state index contributed by atoms with van der Waals surface area (Å²) in [6.45, 7) is 0.452. The highest BCUT2D eigenvalue weighted by atomic mass is 32.1. The third-order valence-electron chi connectivity index (χ3n) is 2.74. The Labute approximate surface area is 128 Å². The summed E-state index contributed by atoms with van der Waals surface area (Å²) in [4.78, 5) is 23.8. The molecule has 0 bridgehead atoms. The minimum Gasteiger partial charge on any atom is -0.272 e. The van der Waals surface area contributed by atoms with Crippen molar-refractivity contribution in [2.45, 2.75) is 6.54 Å². The molecule has 0 aliphatic rings. The Hall–Kier alpha value is -2.31. The minimum atomic E-state index is -0.636. The molecule has 2 N–H and O–H groups in total. The van der Waals surface area contributed by atoms with E-state index in [4.69, 9.17) is 0 Å². The standard InChI is InChI=1S/C15H15N3O2S/c19-14(13-9-5-2-6-10-13)18(21)15(20)17-16-11-12-7-3-1-4-8-12/h1-10,16,21H,11H2,(H,17,20). The highest BCUT2D eigenvalue weighted by Gasteiger charge is 2.19. The first kappa shape index (κ1) is 15.1. The first-order valence-electron chi connectivity index (χ1n) is 6.33. The molecule has 108 valence electrons. The van der Waals surface area contributed by atoms with Crippen LogP contribution in [0.5, 0.6) is 0 Å². The Morgan fingerprint density at radius 1 is 0.952 bits per heavy atom. The number of hydrazine groups is 1. The molecular weight excluding hydrogens is 286 g/mol. The molecule has 2 aromatic carbocycles. The summed E-state index contributed by atoms with van der Waals surface area (Å²) in [5.74, 6) is -0.488. The van der Waals surface area contributed by atoms with E-state index in [0.29, 0.717) is 12.1 Å². The third-order valence-corrected chi connectivity index (χ3v) is 3.10. The molecule has 0 radical (unpaired) electrons. The van der Waals surface area contributed by atoms with Crippen LogP contribution in [0.3, 0.4) is 0 Å². The van der Waals surface area contributed by atoms with Gasteiger partial charge in [-0.1, -0.05) is 61.3 Å². The molecule has 0 spiro atoms. The Bertz CT molecular complexity index is 605. The Morgan fingerprint density at radius 2 is 1.52 bits per heavy atom. The lowest BCUT2D eigenvalue weighted by Crippen LogP contribution is -2.44. The summed E-state index contributed by atoms with van der Waals surface area (Å²) in [6, 6.07) is 17.4. The average Bonchev–Trinajstić information content (AvgIpc) is 2.55. The smallest absolute Gasteiger partial charge is 0.272 e. The van der Waals surface area contributed by atoms with Crippen LogP contribution in [0.4, 0.5) is 4.79 Å². The number of urea groups is 1. The zero-order valence-electron chi connectivity index (χ0n) is 11.2. The molecule has 5 nitrogen and oxygen atoms in total. The SMILES string of the molecule is O=C(NNCc1ccccc1)N(S)C(=O)c1ccccc1. The molecule has 0 unspecified atom stereocenters. The zero-order chi connectivity index (χ0) is 15.1. The van der Waals surface area contributed by atoms with Gasteiger partial charge in [-0.05, 0) is 17.7 Å². The minimum absolute atomic E-state index is 0.394. The molecule has 0 atom stereocenters. The van der Waals surface area contributed by atoms with E-state index < -0.39 is 11.9 Å². The van der Waals surface area contributed by atoms with Crippen molar-refractivity contribution < 1.29 is 9.59 Å². The van der Waals surface area contributed by atoms with Gasteiger partial charge in [0.1, 0.15) is 0 Å². The maximum atomic E-state index is 12.0. The van der Waals surface area contributed by atoms with Crippen molar-refractivity contribution in [3.63, 3.8) is 0 Å². The van der Waals surface area contributed by atoms with Crippen molar-refractivity contribution in [2.24, 2.45) is 0 Å². The summed E-state index contributed by atoms with van der Waals surface area (Å²) in [5.41, 5.74) is 6.57. The summed E-state index contributed by atoms with van der Waals surface area (Å²) in [7, 11) is 0. The summed E-state index contributed by atoms with van der Waals surface area (Å²) >= 11 is 3.92. The van der Waals surface area contributed by atoms with Crippen LogP contribution in [-0.2, 0) is 6.54 Å². The van der Waals surface area contributed by atoms with Crippen molar-refractivity contribution >= 4 is 24.8 Å². The van der Waals surface area contributed by atoms with Crippen molar-refractivity contribution in [3.05, 3.63) is 71.8 Å². The molecule has 0 aliphatic heterocycles. The lowest BCUT2D eigenvalue weighted by Gasteiger charge is -2.15. The van der Waals surface area contributed by atoms with Gasteiger partial charge < -0.3 is 0 Å². The fraction of sp³-hybridized carbons (Fsp3) is 0.0667. The lowest BCUT2D eigenvalue weighted by atomic mass is 10.2. The van der Waals surface area contributed by atoms with Gasteiger partial charge in [-0.2, -0.15) is 0 Å². The molecule has 2 aromatic rings. The van der Waals surface area contributed by atoms with Gasteiger partial charge in [-0.3, -0.25) is 10.2 Å². The Morgan fingerprint density at radius 3 is 2.14 bits per heavy atom. The number of thiol groups is 1. The van der Waals surface area contributed by atoms with Crippen LogP contribution in [0.25, 0.3) is 0 Å². The Balaban J connectivity index is 1.84. The monoisotopic (exact) mass is 301 g/mol. The molecule has 2 rings (SSSR count). The van der Waals surface area contributed by atoms with Crippen molar-refractivity contribution in [1.82, 2.24) is 15.2 Å². The maximum absolute atomic E-state index is 12.0.